The highest BCUT2D eigenvalue weighted by atomic mass is 16.2. The molecule has 46 heavy (non-hydrogen) atoms. The molecule has 0 bridgehead atoms. The first-order chi connectivity index (χ1) is 22.6. The molecule has 0 saturated carbocycles. The standard InChI is InChI=1S/C42H84N2O2/c1-5-9-11-13-15-17-19-21-23-25-27-29-31-33-35-37-41(45)43(7-3)39-40-44(8-4)42(46)38-36-34-32-30-28-26-24-22-20-18-16-14-12-10-6-2/h5-40H2,1-4H3. The van der Waals surface area contributed by atoms with Crippen LogP contribution in [0.15, 0.2) is 0 Å². The van der Waals surface area contributed by atoms with Crippen molar-refractivity contribution in [2.45, 2.75) is 233 Å². The van der Waals surface area contributed by atoms with E-state index in [0.29, 0.717) is 25.9 Å². The monoisotopic (exact) mass is 649 g/mol. The molecule has 0 rings (SSSR count). The molecule has 0 saturated heterocycles. The maximum absolute atomic E-state index is 12.8. The summed E-state index contributed by atoms with van der Waals surface area (Å²) in [6.45, 7) is 11.5. The van der Waals surface area contributed by atoms with E-state index < -0.39 is 0 Å². The zero-order valence-electron chi connectivity index (χ0n) is 32.2. The summed E-state index contributed by atoms with van der Waals surface area (Å²) in [5.74, 6) is 0.534. The number of unbranched alkanes of at least 4 members (excludes halogenated alkanes) is 28. The van der Waals surface area contributed by atoms with Gasteiger partial charge in [0, 0.05) is 39.0 Å². The highest BCUT2D eigenvalue weighted by Gasteiger charge is 2.16. The van der Waals surface area contributed by atoms with Crippen molar-refractivity contribution in [3.63, 3.8) is 0 Å². The van der Waals surface area contributed by atoms with Crippen LogP contribution in [0.5, 0.6) is 0 Å². The van der Waals surface area contributed by atoms with Crippen molar-refractivity contribution in [3.8, 4) is 0 Å². The van der Waals surface area contributed by atoms with Crippen LogP contribution in [-0.2, 0) is 9.59 Å². The maximum atomic E-state index is 12.8. The SMILES string of the molecule is CCCCCCCCCCCCCCCCCC(=O)N(CC)CCN(CC)C(=O)CCCCCCCCCCCCCCCCC. The van der Waals surface area contributed by atoms with Gasteiger partial charge >= 0.3 is 0 Å². The van der Waals surface area contributed by atoms with Gasteiger partial charge in [0.15, 0.2) is 0 Å². The van der Waals surface area contributed by atoms with E-state index in [1.165, 1.54) is 180 Å². The van der Waals surface area contributed by atoms with Gasteiger partial charge in [-0.3, -0.25) is 9.59 Å². The summed E-state index contributed by atoms with van der Waals surface area (Å²) < 4.78 is 0. The first-order valence-corrected chi connectivity index (χ1v) is 21.2. The van der Waals surface area contributed by atoms with Crippen LogP contribution < -0.4 is 0 Å². The molecular formula is C42H84N2O2. The molecule has 0 aromatic carbocycles. The van der Waals surface area contributed by atoms with E-state index in [9.17, 15) is 9.59 Å². The highest BCUT2D eigenvalue weighted by molar-refractivity contribution is 5.77. The van der Waals surface area contributed by atoms with Gasteiger partial charge in [-0.2, -0.15) is 0 Å². The second-order valence-corrected chi connectivity index (χ2v) is 14.3. The molecule has 0 fully saturated rings. The number of hydrogen-bond acceptors (Lipinski definition) is 2. The number of carbonyl (C=O) groups is 2. The average molecular weight is 649 g/mol. The van der Waals surface area contributed by atoms with Crippen molar-refractivity contribution in [1.29, 1.82) is 0 Å². The quantitative estimate of drug-likeness (QED) is 0.0629. The van der Waals surface area contributed by atoms with Crippen LogP contribution in [0.25, 0.3) is 0 Å². The van der Waals surface area contributed by atoms with E-state index in [0.717, 1.165) is 25.9 Å². The summed E-state index contributed by atoms with van der Waals surface area (Å²) in [5, 5.41) is 0. The minimum absolute atomic E-state index is 0.267. The molecule has 4 nitrogen and oxygen atoms in total. The minimum Gasteiger partial charge on any atom is -0.341 e. The van der Waals surface area contributed by atoms with Crippen LogP contribution in [0.1, 0.15) is 233 Å². The molecule has 0 heterocycles. The largest absolute Gasteiger partial charge is 0.341 e. The molecule has 0 spiro atoms. The third-order valence-corrected chi connectivity index (χ3v) is 10.1. The van der Waals surface area contributed by atoms with Crippen molar-refractivity contribution >= 4 is 11.8 Å². The van der Waals surface area contributed by atoms with Crippen molar-refractivity contribution in [3.05, 3.63) is 0 Å². The second-order valence-electron chi connectivity index (χ2n) is 14.3. The van der Waals surface area contributed by atoms with Gasteiger partial charge in [0.1, 0.15) is 0 Å². The lowest BCUT2D eigenvalue weighted by Crippen LogP contribution is -2.40. The first kappa shape index (κ1) is 44.9. The van der Waals surface area contributed by atoms with E-state index in [1.54, 1.807) is 0 Å². The molecular weight excluding hydrogens is 564 g/mol. The maximum Gasteiger partial charge on any atom is 0.222 e. The van der Waals surface area contributed by atoms with Gasteiger partial charge in [0.05, 0.1) is 0 Å². The summed E-state index contributed by atoms with van der Waals surface area (Å²) >= 11 is 0. The van der Waals surface area contributed by atoms with E-state index in [1.807, 2.05) is 9.80 Å². The second kappa shape index (κ2) is 36.8. The summed E-state index contributed by atoms with van der Waals surface area (Å²) in [5.41, 5.74) is 0. The van der Waals surface area contributed by atoms with Gasteiger partial charge in [0.25, 0.3) is 0 Å². The Morgan fingerprint density at radius 3 is 0.696 bits per heavy atom. The lowest BCUT2D eigenvalue weighted by Gasteiger charge is -2.26. The Kier molecular flexibility index (Phi) is 35.9. The highest BCUT2D eigenvalue weighted by Crippen LogP contribution is 2.16. The summed E-state index contributed by atoms with van der Waals surface area (Å²) in [6.07, 6.45) is 41.7. The van der Waals surface area contributed by atoms with Crippen molar-refractivity contribution in [1.82, 2.24) is 9.80 Å². The number of carbonyl (C=O) groups excluding carboxylic acids is 2. The lowest BCUT2D eigenvalue weighted by atomic mass is 10.0. The van der Waals surface area contributed by atoms with Gasteiger partial charge in [0.2, 0.25) is 11.8 Å². The normalized spacial score (nSPS) is 11.3. The number of rotatable bonds is 37. The van der Waals surface area contributed by atoms with Crippen molar-refractivity contribution < 1.29 is 9.59 Å². The third kappa shape index (κ3) is 30.3. The third-order valence-electron chi connectivity index (χ3n) is 10.1. The summed E-state index contributed by atoms with van der Waals surface area (Å²) in [6, 6.07) is 0. The van der Waals surface area contributed by atoms with Gasteiger partial charge < -0.3 is 9.80 Å². The van der Waals surface area contributed by atoms with Crippen LogP contribution >= 0.6 is 0 Å². The zero-order valence-corrected chi connectivity index (χ0v) is 32.2. The molecule has 4 heteroatoms. The molecule has 0 radical (unpaired) electrons. The molecule has 0 aliphatic rings. The molecule has 0 aliphatic heterocycles. The van der Waals surface area contributed by atoms with Crippen LogP contribution in [0.4, 0.5) is 0 Å². The Morgan fingerprint density at radius 1 is 0.304 bits per heavy atom. The molecule has 0 aromatic rings. The van der Waals surface area contributed by atoms with Crippen LogP contribution in [0, 0.1) is 0 Å². The van der Waals surface area contributed by atoms with Crippen LogP contribution in [-0.4, -0.2) is 47.8 Å². The summed E-state index contributed by atoms with van der Waals surface area (Å²) in [7, 11) is 0. The Bertz CT molecular complexity index is 583. The Balaban J connectivity index is 3.73. The molecule has 0 aromatic heterocycles. The fourth-order valence-corrected chi connectivity index (χ4v) is 6.77. The molecule has 0 N–H and O–H groups in total. The van der Waals surface area contributed by atoms with Crippen LogP contribution in [0.2, 0.25) is 0 Å². The molecule has 0 unspecified atom stereocenters. The van der Waals surface area contributed by atoms with E-state index in [2.05, 4.69) is 27.7 Å². The topological polar surface area (TPSA) is 40.6 Å². The Hall–Kier alpha value is -1.06. The lowest BCUT2D eigenvalue weighted by molar-refractivity contribution is -0.135. The van der Waals surface area contributed by atoms with Gasteiger partial charge in [-0.1, -0.05) is 194 Å². The number of nitrogens with zero attached hydrogens (tertiary/aromatic N) is 2. The van der Waals surface area contributed by atoms with E-state index >= 15 is 0 Å². The fourth-order valence-electron chi connectivity index (χ4n) is 6.77. The van der Waals surface area contributed by atoms with Gasteiger partial charge in [-0.15, -0.1) is 0 Å². The fraction of sp³-hybridized carbons (Fsp3) is 0.952. The molecule has 0 aliphatic carbocycles. The predicted molar refractivity (Wildman–Crippen MR) is 204 cm³/mol. The number of likely N-dealkylation sites (N-methyl/N-ethyl adjacent to an activating group) is 2. The molecule has 274 valence electrons. The van der Waals surface area contributed by atoms with Crippen LogP contribution in [0.3, 0.4) is 0 Å². The average Bonchev–Trinajstić information content (AvgIpc) is 3.06. The molecule has 2 amide bonds. The number of hydrogen-bond donors (Lipinski definition) is 0. The Labute approximate surface area is 290 Å². The predicted octanol–water partition coefficient (Wildman–Crippen LogP) is 13.2. The smallest absolute Gasteiger partial charge is 0.222 e. The van der Waals surface area contributed by atoms with Gasteiger partial charge in [-0.05, 0) is 26.7 Å². The number of amides is 2. The van der Waals surface area contributed by atoms with E-state index in [-0.39, 0.29) is 11.8 Å². The van der Waals surface area contributed by atoms with Crippen molar-refractivity contribution in [2.75, 3.05) is 26.2 Å². The summed E-state index contributed by atoms with van der Waals surface area (Å²) in [4.78, 5) is 29.6. The van der Waals surface area contributed by atoms with Gasteiger partial charge in [-0.25, -0.2) is 0 Å². The first-order valence-electron chi connectivity index (χ1n) is 21.2. The Morgan fingerprint density at radius 2 is 0.500 bits per heavy atom. The van der Waals surface area contributed by atoms with Crippen molar-refractivity contribution in [2.24, 2.45) is 0 Å². The zero-order chi connectivity index (χ0) is 33.8. The molecule has 0 atom stereocenters. The minimum atomic E-state index is 0.267. The van der Waals surface area contributed by atoms with E-state index in [4.69, 9.17) is 0 Å².